The van der Waals surface area contributed by atoms with Gasteiger partial charge in [0, 0.05) is 43.3 Å². The number of aryl methyl sites for hydroxylation is 6. The summed E-state index contributed by atoms with van der Waals surface area (Å²) in [5, 5.41) is 5.07. The van der Waals surface area contributed by atoms with Gasteiger partial charge >= 0.3 is 0 Å². The lowest BCUT2D eigenvalue weighted by atomic mass is 9.67. The minimum atomic E-state index is -0.630. The van der Waals surface area contributed by atoms with Gasteiger partial charge in [0.15, 0.2) is 0 Å². The zero-order valence-electron chi connectivity index (χ0n) is 68.3. The minimum absolute atomic E-state index is 0.630. The second-order valence-electron chi connectivity index (χ2n) is 33.4. The Balaban J connectivity index is 0.840. The average molecular weight is 1510 g/mol. The third kappa shape index (κ3) is 14.0. The molecule has 115 heavy (non-hydrogen) atoms. The Morgan fingerprint density at radius 3 is 1.07 bits per heavy atom. The predicted octanol–water partition coefficient (Wildman–Crippen LogP) is 31.8. The molecule has 0 N–H and O–H groups in total. The monoisotopic (exact) mass is 1510 g/mol. The molecule has 0 unspecified atom stereocenters. The largest absolute Gasteiger partial charge is 0.310 e. The van der Waals surface area contributed by atoms with Gasteiger partial charge in [0.25, 0.3) is 0 Å². The van der Waals surface area contributed by atoms with Crippen LogP contribution in [0.5, 0.6) is 0 Å². The van der Waals surface area contributed by atoms with Crippen LogP contribution in [0.1, 0.15) is 208 Å². The molecule has 18 rings (SSSR count). The van der Waals surface area contributed by atoms with Crippen molar-refractivity contribution in [2.24, 2.45) is 0 Å². The van der Waals surface area contributed by atoms with E-state index < -0.39 is 10.8 Å². The van der Waals surface area contributed by atoms with Gasteiger partial charge < -0.3 is 9.47 Å². The molecule has 0 fully saturated rings. The van der Waals surface area contributed by atoms with Crippen molar-refractivity contribution < 1.29 is 0 Å². The van der Waals surface area contributed by atoms with E-state index in [1.165, 1.54) is 273 Å². The molecule has 0 bridgehead atoms. The van der Waals surface area contributed by atoms with Gasteiger partial charge in [0.2, 0.25) is 0 Å². The van der Waals surface area contributed by atoms with Gasteiger partial charge in [-0.15, -0.1) is 11.3 Å². The van der Waals surface area contributed by atoms with Gasteiger partial charge in [-0.1, -0.05) is 346 Å². The normalized spacial score (nSPS) is 13.1. The SMILES string of the molecule is CCCCCCc1ccc(C2(c3ccc(CCCCCC)cc3)c3cc(C)ccc3-c3ccc(N(c4ccc(-c5ccc6c(c5)c5cc(-c7ccccc7)ccc5n6-c5cccc6c5sc5ccccc56)cc4)c4ccc5c(c4)C(c4ccc(CCCCCC)cc4)(c4ccc(CCCCCC)cc4)c4cc(C)ccc4-5)cc32)cc1. The third-order valence-electron chi connectivity index (χ3n) is 25.8. The van der Waals surface area contributed by atoms with Crippen molar-refractivity contribution in [1.29, 1.82) is 0 Å². The summed E-state index contributed by atoms with van der Waals surface area (Å²) < 4.78 is 5.14. The molecule has 0 saturated heterocycles. The first-order valence-corrected chi connectivity index (χ1v) is 44.3. The summed E-state index contributed by atoms with van der Waals surface area (Å²) in [5.74, 6) is 0. The number of hydrogen-bond acceptors (Lipinski definition) is 2. The summed E-state index contributed by atoms with van der Waals surface area (Å²) >= 11 is 1.89. The van der Waals surface area contributed by atoms with Crippen molar-refractivity contribution in [2.45, 2.75) is 181 Å². The Morgan fingerprint density at radius 1 is 0.278 bits per heavy atom. The van der Waals surface area contributed by atoms with Crippen LogP contribution in [0.3, 0.4) is 0 Å². The fourth-order valence-electron chi connectivity index (χ4n) is 19.8. The van der Waals surface area contributed by atoms with E-state index in [9.17, 15) is 0 Å². The number of benzene rings is 14. The Bertz CT molecular complexity index is 5820. The molecular weight excluding hydrogens is 1410 g/mol. The maximum Gasteiger partial charge on any atom is 0.0714 e. The van der Waals surface area contributed by atoms with E-state index in [2.05, 4.69) is 354 Å². The first kappa shape index (κ1) is 75.3. The number of fused-ring (bicyclic) bond motifs is 12. The Hall–Kier alpha value is -11.1. The fraction of sp³-hybridized carbons (Fsp3) is 0.250. The number of nitrogens with zero attached hydrogens (tertiary/aromatic N) is 2. The summed E-state index contributed by atoms with van der Waals surface area (Å²) in [6, 6.07) is 120. The highest BCUT2D eigenvalue weighted by Gasteiger charge is 2.49. The molecule has 2 heterocycles. The summed E-state index contributed by atoms with van der Waals surface area (Å²) in [6.07, 6.45) is 24.3. The second-order valence-corrected chi connectivity index (χ2v) is 34.4. The van der Waals surface area contributed by atoms with Crippen LogP contribution in [0.25, 0.3) is 92.2 Å². The molecule has 0 spiro atoms. The second kappa shape index (κ2) is 33.0. The number of unbranched alkanes of at least 4 members (excludes halogenated alkanes) is 12. The van der Waals surface area contributed by atoms with Crippen molar-refractivity contribution in [3.63, 3.8) is 0 Å². The highest BCUT2D eigenvalue weighted by atomic mass is 32.1. The van der Waals surface area contributed by atoms with E-state index in [1.54, 1.807) is 0 Å². The smallest absolute Gasteiger partial charge is 0.0714 e. The molecule has 3 heteroatoms. The molecule has 14 aromatic carbocycles. The van der Waals surface area contributed by atoms with Gasteiger partial charge in [-0.2, -0.15) is 0 Å². The van der Waals surface area contributed by atoms with Crippen LogP contribution >= 0.6 is 11.3 Å². The van der Waals surface area contributed by atoms with Crippen molar-refractivity contribution in [2.75, 3.05) is 4.90 Å². The maximum absolute atomic E-state index is 2.61. The molecular formula is C112H108N2S. The fourth-order valence-corrected chi connectivity index (χ4v) is 21.1. The molecule has 2 nitrogen and oxygen atoms in total. The number of rotatable bonds is 30. The number of anilines is 3. The van der Waals surface area contributed by atoms with E-state index in [0.717, 1.165) is 42.7 Å². The topological polar surface area (TPSA) is 8.17 Å². The van der Waals surface area contributed by atoms with E-state index in [1.807, 2.05) is 11.3 Å². The van der Waals surface area contributed by atoms with Crippen molar-refractivity contribution in [1.82, 2.24) is 4.57 Å². The third-order valence-corrected chi connectivity index (χ3v) is 27.1. The highest BCUT2D eigenvalue weighted by molar-refractivity contribution is 7.26. The van der Waals surface area contributed by atoms with E-state index in [4.69, 9.17) is 0 Å². The van der Waals surface area contributed by atoms with Gasteiger partial charge in [-0.25, -0.2) is 0 Å². The summed E-state index contributed by atoms with van der Waals surface area (Å²) in [7, 11) is 0. The lowest BCUT2D eigenvalue weighted by Gasteiger charge is -2.36. The molecule has 0 saturated carbocycles. The van der Waals surface area contributed by atoms with Gasteiger partial charge in [-0.05, 0) is 249 Å². The molecule has 0 radical (unpaired) electrons. The lowest BCUT2D eigenvalue weighted by Crippen LogP contribution is -2.29. The Morgan fingerprint density at radius 2 is 0.643 bits per heavy atom. The van der Waals surface area contributed by atoms with Crippen LogP contribution in [0.2, 0.25) is 0 Å². The van der Waals surface area contributed by atoms with Crippen LogP contribution in [0.4, 0.5) is 17.1 Å². The Labute approximate surface area is 687 Å². The minimum Gasteiger partial charge on any atom is -0.310 e. The molecule has 0 atom stereocenters. The van der Waals surface area contributed by atoms with Crippen LogP contribution in [0, 0.1) is 13.8 Å². The highest BCUT2D eigenvalue weighted by Crippen LogP contribution is 2.61. The summed E-state index contributed by atoms with van der Waals surface area (Å²) in [6.45, 7) is 13.8. The standard InChI is InChI=1S/C112H108N2S/c1-7-11-15-20-29-79-41-53-87(54-42-79)111(88-55-43-80(44-56-88)30-21-16-12-8-2)102-71-77(5)39-65-94(102)96-67-63-92(75-104(96)111)113(93-64-68-97-95-66-40-78(6)72-103(95)112(105(97)76-93,89-57-45-81(46-58-89)31-22-17-13-9-3)90-59-47-82(48-60-90)32-23-18-14-10-4)91-61-49-84(50-62-91)86-52-70-107-101(74-86)100-73-85(83-33-24-19-25-34-83)51-69-106(100)114(107)108-37-28-36-99-98-35-26-27-38-109(98)115-110(99)108/h19,24-28,33-76H,7-18,20-23,29-32H2,1-6H3. The molecule has 572 valence electrons. The van der Waals surface area contributed by atoms with Crippen LogP contribution < -0.4 is 4.90 Å². The van der Waals surface area contributed by atoms with E-state index in [-0.39, 0.29) is 0 Å². The number of hydrogen-bond donors (Lipinski definition) is 0. The maximum atomic E-state index is 2.61. The molecule has 16 aromatic rings. The zero-order valence-corrected chi connectivity index (χ0v) is 69.1. The molecule has 2 aromatic heterocycles. The van der Waals surface area contributed by atoms with Crippen LogP contribution in [-0.2, 0) is 36.5 Å². The van der Waals surface area contributed by atoms with Crippen LogP contribution in [-0.4, -0.2) is 4.57 Å². The molecule has 2 aliphatic rings. The zero-order chi connectivity index (χ0) is 78.0. The molecule has 2 aliphatic carbocycles. The van der Waals surface area contributed by atoms with Crippen molar-refractivity contribution in [3.05, 3.63) is 381 Å². The van der Waals surface area contributed by atoms with Crippen LogP contribution in [0.15, 0.2) is 303 Å². The summed E-state index contributed by atoms with van der Waals surface area (Å²) in [5.41, 5.74) is 34.4. The molecule has 0 aliphatic heterocycles. The average Bonchev–Trinajstić information content (AvgIpc) is 1.55. The van der Waals surface area contributed by atoms with Gasteiger partial charge in [0.1, 0.15) is 0 Å². The lowest BCUT2D eigenvalue weighted by molar-refractivity contribution is 0.666. The number of aromatic nitrogens is 1. The first-order valence-electron chi connectivity index (χ1n) is 43.5. The first-order chi connectivity index (χ1) is 56.7. The number of thiophene rings is 1. The van der Waals surface area contributed by atoms with E-state index >= 15 is 0 Å². The summed E-state index contributed by atoms with van der Waals surface area (Å²) in [4.78, 5) is 2.61. The van der Waals surface area contributed by atoms with E-state index in [0.29, 0.717) is 0 Å². The van der Waals surface area contributed by atoms with Crippen molar-refractivity contribution >= 4 is 70.4 Å². The van der Waals surface area contributed by atoms with Crippen molar-refractivity contribution in [3.8, 4) is 50.2 Å². The van der Waals surface area contributed by atoms with Gasteiger partial charge in [-0.3, -0.25) is 0 Å². The Kier molecular flexibility index (Phi) is 21.6. The quantitative estimate of drug-likeness (QED) is 0.0407. The predicted molar refractivity (Wildman–Crippen MR) is 495 cm³/mol. The molecule has 0 amide bonds. The van der Waals surface area contributed by atoms with Gasteiger partial charge in [0.05, 0.1) is 32.3 Å².